The summed E-state index contributed by atoms with van der Waals surface area (Å²) in [4.78, 5) is 29.7. The molecule has 0 bridgehead atoms. The van der Waals surface area contributed by atoms with Gasteiger partial charge in [0.2, 0.25) is 5.95 Å². The molecule has 2 heterocycles. The number of hydrogen-bond donors (Lipinski definition) is 5. The Bertz CT molecular complexity index is 1200. The maximum Gasteiger partial charge on any atom is 0.324 e. The van der Waals surface area contributed by atoms with E-state index in [2.05, 4.69) is 54.4 Å². The molecule has 3 rings (SSSR count). The lowest BCUT2D eigenvalue weighted by atomic mass is 9.93. The summed E-state index contributed by atoms with van der Waals surface area (Å²) < 4.78 is 10.2. The van der Waals surface area contributed by atoms with Crippen molar-refractivity contribution in [2.45, 2.75) is 26.2 Å². The van der Waals surface area contributed by atoms with E-state index in [-0.39, 0.29) is 5.41 Å². The quantitative estimate of drug-likeness (QED) is 0.256. The molecule has 0 radical (unpaired) electrons. The third kappa shape index (κ3) is 10.1. The molecule has 0 aliphatic carbocycles. The van der Waals surface area contributed by atoms with Gasteiger partial charge in [-0.2, -0.15) is 0 Å². The zero-order chi connectivity index (χ0) is 26.6. The smallest absolute Gasteiger partial charge is 0.324 e. The number of carbonyl (C=O) groups excluding carboxylic acids is 2. The molecule has 0 spiro atoms. The van der Waals surface area contributed by atoms with Crippen LogP contribution in [0.15, 0.2) is 47.2 Å². The number of hydrogen-bond acceptors (Lipinski definition) is 8. The van der Waals surface area contributed by atoms with Crippen molar-refractivity contribution in [3.8, 4) is 11.8 Å². The van der Waals surface area contributed by atoms with Crippen LogP contribution in [0.3, 0.4) is 0 Å². The third-order valence-corrected chi connectivity index (χ3v) is 4.20. The molecule has 0 saturated carbocycles. The van der Waals surface area contributed by atoms with E-state index in [1.54, 1.807) is 37.7 Å². The fourth-order valence-corrected chi connectivity index (χ4v) is 2.53. The van der Waals surface area contributed by atoms with E-state index in [1.165, 1.54) is 0 Å². The van der Waals surface area contributed by atoms with Crippen LogP contribution in [0.2, 0.25) is 0 Å². The lowest BCUT2D eigenvalue weighted by molar-refractivity contribution is 0.210. The van der Waals surface area contributed by atoms with Crippen LogP contribution in [0.1, 0.15) is 37.7 Å². The summed E-state index contributed by atoms with van der Waals surface area (Å²) in [6, 6.07) is 7.67. The first kappa shape index (κ1) is 27.6. The normalized spacial score (nSPS) is 10.2. The summed E-state index contributed by atoms with van der Waals surface area (Å²) in [6.45, 7) is 7.21. The van der Waals surface area contributed by atoms with Gasteiger partial charge in [-0.15, -0.1) is 0 Å². The highest BCUT2D eigenvalue weighted by molar-refractivity contribution is 5.99. The Hall–Kier alpha value is -4.63. The molecule has 3 aromatic rings. The van der Waals surface area contributed by atoms with Gasteiger partial charge in [-0.05, 0) is 18.2 Å². The second-order valence-corrected chi connectivity index (χ2v) is 8.35. The zero-order valence-electron chi connectivity index (χ0n) is 20.6. The number of primary amides is 2. The summed E-state index contributed by atoms with van der Waals surface area (Å²) in [5.74, 6) is 7.62. The van der Waals surface area contributed by atoms with Crippen LogP contribution in [-0.4, -0.2) is 47.4 Å². The van der Waals surface area contributed by atoms with Gasteiger partial charge in [0.25, 0.3) is 0 Å². The van der Waals surface area contributed by atoms with Gasteiger partial charge in [-0.3, -0.25) is 5.32 Å². The number of methoxy groups -OCH3 is 1. The second kappa shape index (κ2) is 13.3. The summed E-state index contributed by atoms with van der Waals surface area (Å²) in [7, 11) is 1.64. The van der Waals surface area contributed by atoms with Crippen molar-refractivity contribution in [3.63, 3.8) is 0 Å². The molecule has 0 aliphatic heterocycles. The van der Waals surface area contributed by atoms with E-state index < -0.39 is 12.1 Å². The Labute approximate surface area is 209 Å². The zero-order valence-corrected chi connectivity index (χ0v) is 20.6. The van der Waals surface area contributed by atoms with Gasteiger partial charge >= 0.3 is 12.1 Å². The first-order chi connectivity index (χ1) is 17.1. The Morgan fingerprint density at radius 1 is 1.06 bits per heavy atom. The van der Waals surface area contributed by atoms with Gasteiger partial charge < -0.3 is 31.4 Å². The number of anilines is 3. The van der Waals surface area contributed by atoms with Crippen molar-refractivity contribution in [1.29, 1.82) is 0 Å². The van der Waals surface area contributed by atoms with E-state index in [9.17, 15) is 4.79 Å². The molecule has 7 N–H and O–H groups in total. The molecule has 0 saturated heterocycles. The number of ether oxygens (including phenoxy) is 1. The predicted molar refractivity (Wildman–Crippen MR) is 136 cm³/mol. The highest BCUT2D eigenvalue weighted by Gasteiger charge is 2.20. The van der Waals surface area contributed by atoms with Crippen LogP contribution >= 0.6 is 0 Å². The SMILES string of the molecule is COCCNc1ncc(C#Cc2cccc(NC(=O)Nc3cc(C(C)(C)C)on3)c2)cn1.NC(N)=O. The van der Waals surface area contributed by atoms with Crippen molar-refractivity contribution in [1.82, 2.24) is 15.1 Å². The fraction of sp³-hybridized carbons (Fsp3) is 0.292. The summed E-state index contributed by atoms with van der Waals surface area (Å²) in [5, 5.41) is 12.4. The largest absolute Gasteiger partial charge is 0.383 e. The molecular weight excluding hydrogens is 464 g/mol. The summed E-state index contributed by atoms with van der Waals surface area (Å²) in [6.07, 6.45) is 3.29. The Balaban J connectivity index is 0.00000106. The van der Waals surface area contributed by atoms with Crippen LogP contribution < -0.4 is 27.4 Å². The number of benzene rings is 1. The van der Waals surface area contributed by atoms with Crippen molar-refractivity contribution in [2.24, 2.45) is 11.5 Å². The molecule has 2 aromatic heterocycles. The van der Waals surface area contributed by atoms with Crippen molar-refractivity contribution < 1.29 is 18.8 Å². The number of amides is 4. The Morgan fingerprint density at radius 2 is 1.72 bits per heavy atom. The maximum absolute atomic E-state index is 12.3. The molecule has 0 atom stereocenters. The van der Waals surface area contributed by atoms with Crippen LogP contribution in [0.25, 0.3) is 0 Å². The molecule has 4 amide bonds. The van der Waals surface area contributed by atoms with Gasteiger partial charge in [0.15, 0.2) is 5.82 Å². The number of urea groups is 2. The molecule has 190 valence electrons. The lowest BCUT2D eigenvalue weighted by Crippen LogP contribution is -2.19. The standard InChI is InChI=1S/C23H26N6O3.CH4N2O/c1-23(2,3)19-13-20(29-32-19)28-22(30)27-18-7-5-6-16(12-18)8-9-17-14-25-21(26-15-17)24-10-11-31-4;2-1(3)4/h5-7,12-15H,10-11H2,1-4H3,(H,24,25,26)(H2,27,28,29,30);(H4,2,3,4). The van der Waals surface area contributed by atoms with Crippen LogP contribution in [0.5, 0.6) is 0 Å². The highest BCUT2D eigenvalue weighted by atomic mass is 16.5. The Kier molecular flexibility index (Phi) is 10.2. The minimum atomic E-state index is -0.833. The first-order valence-corrected chi connectivity index (χ1v) is 10.8. The topological polar surface area (TPSA) is 183 Å². The number of nitrogens with two attached hydrogens (primary N) is 2. The van der Waals surface area contributed by atoms with Crippen molar-refractivity contribution in [2.75, 3.05) is 36.2 Å². The molecule has 12 nitrogen and oxygen atoms in total. The minimum absolute atomic E-state index is 0.192. The number of aromatic nitrogens is 3. The number of rotatable bonds is 6. The van der Waals surface area contributed by atoms with Crippen LogP contribution in [0.4, 0.5) is 27.0 Å². The third-order valence-electron chi connectivity index (χ3n) is 4.20. The molecule has 0 unspecified atom stereocenters. The first-order valence-electron chi connectivity index (χ1n) is 10.8. The van der Waals surface area contributed by atoms with E-state index in [1.807, 2.05) is 32.9 Å². The average Bonchev–Trinajstić information content (AvgIpc) is 3.27. The maximum atomic E-state index is 12.3. The summed E-state index contributed by atoms with van der Waals surface area (Å²) >= 11 is 0. The highest BCUT2D eigenvalue weighted by Crippen LogP contribution is 2.24. The van der Waals surface area contributed by atoms with Crippen LogP contribution in [0, 0.1) is 11.8 Å². The minimum Gasteiger partial charge on any atom is -0.383 e. The van der Waals surface area contributed by atoms with E-state index >= 15 is 0 Å². The van der Waals surface area contributed by atoms with Gasteiger partial charge in [-0.1, -0.05) is 43.8 Å². The number of nitrogens with zero attached hydrogens (tertiary/aromatic N) is 3. The summed E-state index contributed by atoms with van der Waals surface area (Å²) in [5.41, 5.74) is 10.3. The molecule has 0 fully saturated rings. The van der Waals surface area contributed by atoms with Gasteiger partial charge in [-0.25, -0.2) is 19.6 Å². The van der Waals surface area contributed by atoms with Gasteiger partial charge in [0, 0.05) is 48.8 Å². The van der Waals surface area contributed by atoms with Crippen molar-refractivity contribution in [3.05, 3.63) is 59.6 Å². The second-order valence-electron chi connectivity index (χ2n) is 8.35. The number of nitrogens with one attached hydrogen (secondary N) is 3. The monoisotopic (exact) mass is 494 g/mol. The van der Waals surface area contributed by atoms with Crippen molar-refractivity contribution >= 4 is 29.5 Å². The van der Waals surface area contributed by atoms with Gasteiger partial charge in [0.1, 0.15) is 5.76 Å². The lowest BCUT2D eigenvalue weighted by Gasteiger charge is -2.12. The van der Waals surface area contributed by atoms with E-state index in [4.69, 9.17) is 14.1 Å². The molecule has 12 heteroatoms. The predicted octanol–water partition coefficient (Wildman–Crippen LogP) is 2.89. The molecule has 1 aromatic carbocycles. The average molecular weight is 495 g/mol. The molecular formula is C24H30N8O4. The fourth-order valence-electron chi connectivity index (χ4n) is 2.53. The van der Waals surface area contributed by atoms with E-state index in [0.717, 1.165) is 5.56 Å². The van der Waals surface area contributed by atoms with E-state index in [0.29, 0.717) is 41.9 Å². The number of carbonyl (C=O) groups is 2. The van der Waals surface area contributed by atoms with Gasteiger partial charge in [0.05, 0.1) is 12.2 Å². The molecule has 36 heavy (non-hydrogen) atoms. The molecule has 0 aliphatic rings. The Morgan fingerprint density at radius 3 is 2.33 bits per heavy atom. The van der Waals surface area contributed by atoms with Crippen LogP contribution in [-0.2, 0) is 10.2 Å².